The summed E-state index contributed by atoms with van der Waals surface area (Å²) in [7, 11) is 3.06. The van der Waals surface area contributed by atoms with Crippen LogP contribution < -0.4 is 21.9 Å². The fourth-order valence-electron chi connectivity index (χ4n) is 4.00. The second kappa shape index (κ2) is 7.75. The summed E-state index contributed by atoms with van der Waals surface area (Å²) < 4.78 is 2.49. The third-order valence-electron chi connectivity index (χ3n) is 5.67. The number of aryl methyl sites for hydroxylation is 1. The number of nitrogens with zero attached hydrogens (tertiary/aromatic N) is 2. The molecular weight excluding hydrogens is 392 g/mol. The molecular formula is C24H24N4O3. The monoisotopic (exact) mass is 416 g/mol. The molecule has 0 spiro atoms. The van der Waals surface area contributed by atoms with Crippen molar-refractivity contribution in [3.05, 3.63) is 103 Å². The molecule has 2 heterocycles. The predicted octanol–water partition coefficient (Wildman–Crippen LogP) is 2.86. The number of nitrogens with one attached hydrogen (secondary N) is 2. The fourth-order valence-corrected chi connectivity index (χ4v) is 4.00. The lowest BCUT2D eigenvalue weighted by atomic mass is 9.81. The van der Waals surface area contributed by atoms with Crippen LogP contribution in [0, 0.1) is 6.92 Å². The SMILES string of the molecule is CC1=C(C(=O)Nc2ccccc2)C(c2ccc(C)cc2)c2c(n(C)c(=O)n(C)c2=O)N1. The molecule has 2 aromatic carbocycles. The van der Waals surface area contributed by atoms with Gasteiger partial charge in [0.1, 0.15) is 5.82 Å². The van der Waals surface area contributed by atoms with Gasteiger partial charge in [-0.25, -0.2) is 4.79 Å². The highest BCUT2D eigenvalue weighted by Crippen LogP contribution is 2.39. The summed E-state index contributed by atoms with van der Waals surface area (Å²) in [6, 6.07) is 16.9. The Labute approximate surface area is 179 Å². The molecule has 0 fully saturated rings. The smallest absolute Gasteiger partial charge is 0.332 e. The van der Waals surface area contributed by atoms with Crippen LogP contribution in [0.15, 0.2) is 75.5 Å². The van der Waals surface area contributed by atoms with Crippen molar-refractivity contribution in [2.24, 2.45) is 14.1 Å². The minimum atomic E-state index is -0.619. The Hall–Kier alpha value is -3.87. The highest BCUT2D eigenvalue weighted by atomic mass is 16.2. The Kier molecular flexibility index (Phi) is 5.10. The van der Waals surface area contributed by atoms with E-state index in [1.54, 1.807) is 14.0 Å². The van der Waals surface area contributed by atoms with Crippen LogP contribution >= 0.6 is 0 Å². The van der Waals surface area contributed by atoms with Crippen molar-refractivity contribution >= 4 is 17.4 Å². The van der Waals surface area contributed by atoms with Crippen molar-refractivity contribution in [3.8, 4) is 0 Å². The molecule has 7 heteroatoms. The zero-order valence-electron chi connectivity index (χ0n) is 17.9. The van der Waals surface area contributed by atoms with Gasteiger partial charge in [-0.15, -0.1) is 0 Å². The van der Waals surface area contributed by atoms with E-state index in [-0.39, 0.29) is 5.91 Å². The molecule has 0 bridgehead atoms. The summed E-state index contributed by atoms with van der Waals surface area (Å²) in [5.74, 6) is -0.512. The van der Waals surface area contributed by atoms with Gasteiger partial charge in [0.15, 0.2) is 0 Å². The first-order chi connectivity index (χ1) is 14.8. The van der Waals surface area contributed by atoms with Crippen molar-refractivity contribution in [1.29, 1.82) is 0 Å². The largest absolute Gasteiger partial charge is 0.344 e. The molecule has 158 valence electrons. The number of carbonyl (C=O) groups excluding carboxylic acids is 1. The number of hydrogen-bond donors (Lipinski definition) is 2. The molecule has 31 heavy (non-hydrogen) atoms. The molecule has 1 aliphatic heterocycles. The molecule has 4 rings (SSSR count). The molecule has 0 aliphatic carbocycles. The molecule has 7 nitrogen and oxygen atoms in total. The van der Waals surface area contributed by atoms with E-state index in [0.717, 1.165) is 15.7 Å². The Morgan fingerprint density at radius 1 is 0.935 bits per heavy atom. The van der Waals surface area contributed by atoms with E-state index in [4.69, 9.17) is 0 Å². The molecule has 2 N–H and O–H groups in total. The summed E-state index contributed by atoms with van der Waals surface area (Å²) in [5, 5.41) is 6.06. The van der Waals surface area contributed by atoms with Gasteiger partial charge in [0.05, 0.1) is 11.5 Å². The van der Waals surface area contributed by atoms with E-state index in [1.807, 2.05) is 61.5 Å². The second-order valence-corrected chi connectivity index (χ2v) is 7.80. The predicted molar refractivity (Wildman–Crippen MR) is 121 cm³/mol. The van der Waals surface area contributed by atoms with Crippen molar-refractivity contribution in [3.63, 3.8) is 0 Å². The van der Waals surface area contributed by atoms with Crippen molar-refractivity contribution in [1.82, 2.24) is 9.13 Å². The topological polar surface area (TPSA) is 85.1 Å². The molecule has 3 aromatic rings. The summed E-state index contributed by atoms with van der Waals surface area (Å²) >= 11 is 0. The maximum atomic E-state index is 13.4. The quantitative estimate of drug-likeness (QED) is 0.688. The molecule has 0 saturated carbocycles. The minimum absolute atomic E-state index is 0.302. The lowest BCUT2D eigenvalue weighted by Crippen LogP contribution is -2.43. The first-order valence-electron chi connectivity index (χ1n) is 10.00. The highest BCUT2D eigenvalue weighted by molar-refractivity contribution is 6.07. The summed E-state index contributed by atoms with van der Waals surface area (Å²) in [4.78, 5) is 39.1. The van der Waals surface area contributed by atoms with Crippen LogP contribution in [-0.2, 0) is 18.9 Å². The molecule has 0 saturated heterocycles. The van der Waals surface area contributed by atoms with Crippen LogP contribution in [0.5, 0.6) is 0 Å². The lowest BCUT2D eigenvalue weighted by Gasteiger charge is -2.31. The van der Waals surface area contributed by atoms with Gasteiger partial charge in [-0.1, -0.05) is 48.0 Å². The summed E-state index contributed by atoms with van der Waals surface area (Å²) in [6.07, 6.45) is 0. The van der Waals surface area contributed by atoms with Gasteiger partial charge in [-0.3, -0.25) is 18.7 Å². The zero-order valence-corrected chi connectivity index (χ0v) is 17.9. The number of anilines is 2. The van der Waals surface area contributed by atoms with Crippen LogP contribution in [0.1, 0.15) is 29.5 Å². The van der Waals surface area contributed by atoms with Crippen LogP contribution in [-0.4, -0.2) is 15.0 Å². The van der Waals surface area contributed by atoms with Gasteiger partial charge in [0, 0.05) is 31.1 Å². The molecule has 1 atom stereocenters. The Morgan fingerprint density at radius 2 is 1.58 bits per heavy atom. The highest BCUT2D eigenvalue weighted by Gasteiger charge is 2.36. The van der Waals surface area contributed by atoms with Gasteiger partial charge in [0.2, 0.25) is 0 Å². The van der Waals surface area contributed by atoms with Gasteiger partial charge in [-0.2, -0.15) is 0 Å². The summed E-state index contributed by atoms with van der Waals surface area (Å²) in [6.45, 7) is 3.76. The first-order valence-corrected chi connectivity index (χ1v) is 10.00. The van der Waals surface area contributed by atoms with E-state index in [9.17, 15) is 14.4 Å². The lowest BCUT2D eigenvalue weighted by molar-refractivity contribution is -0.113. The van der Waals surface area contributed by atoms with Crippen LogP contribution in [0.3, 0.4) is 0 Å². The number of rotatable bonds is 3. The number of hydrogen-bond acceptors (Lipinski definition) is 4. The van der Waals surface area contributed by atoms with Crippen LogP contribution in [0.2, 0.25) is 0 Å². The van der Waals surface area contributed by atoms with Crippen molar-refractivity contribution < 1.29 is 4.79 Å². The second-order valence-electron chi connectivity index (χ2n) is 7.80. The van der Waals surface area contributed by atoms with Gasteiger partial charge in [-0.05, 0) is 31.5 Å². The number of para-hydroxylation sites is 1. The molecule has 1 aromatic heterocycles. The van der Waals surface area contributed by atoms with Gasteiger partial charge in [0.25, 0.3) is 11.5 Å². The zero-order chi connectivity index (χ0) is 22.3. The average Bonchev–Trinajstić information content (AvgIpc) is 2.76. The molecule has 1 unspecified atom stereocenters. The van der Waals surface area contributed by atoms with E-state index >= 15 is 0 Å². The maximum absolute atomic E-state index is 13.4. The van der Waals surface area contributed by atoms with Crippen LogP contribution in [0.4, 0.5) is 11.5 Å². The normalized spacial score (nSPS) is 15.3. The van der Waals surface area contributed by atoms with E-state index < -0.39 is 17.2 Å². The van der Waals surface area contributed by atoms with Gasteiger partial charge < -0.3 is 10.6 Å². The number of carbonyl (C=O) groups is 1. The number of aromatic nitrogens is 2. The first kappa shape index (κ1) is 20.4. The molecule has 1 amide bonds. The summed E-state index contributed by atoms with van der Waals surface area (Å²) in [5.41, 5.74) is 3.10. The third kappa shape index (κ3) is 3.48. The minimum Gasteiger partial charge on any atom is -0.344 e. The number of benzene rings is 2. The Bertz CT molecular complexity index is 1320. The Balaban J connectivity index is 1.95. The number of amides is 1. The number of allylic oxidation sites excluding steroid dienone is 1. The average molecular weight is 416 g/mol. The van der Waals surface area contributed by atoms with Crippen molar-refractivity contribution in [2.75, 3.05) is 10.6 Å². The van der Waals surface area contributed by atoms with Gasteiger partial charge >= 0.3 is 5.69 Å². The standard InChI is InChI=1S/C24H24N4O3/c1-14-10-12-16(13-11-14)19-18(22(29)26-17-8-6-5-7-9-17)15(2)25-21-20(19)23(30)28(4)24(31)27(21)3/h5-13,19,25H,1-4H3,(H,26,29). The third-order valence-corrected chi connectivity index (χ3v) is 5.67. The fraction of sp³-hybridized carbons (Fsp3) is 0.208. The van der Waals surface area contributed by atoms with Crippen LogP contribution in [0.25, 0.3) is 0 Å². The van der Waals surface area contributed by atoms with E-state index in [1.165, 1.54) is 11.6 Å². The Morgan fingerprint density at radius 3 is 2.23 bits per heavy atom. The molecule has 0 radical (unpaired) electrons. The molecule has 1 aliphatic rings. The van der Waals surface area contributed by atoms with Crippen molar-refractivity contribution in [2.45, 2.75) is 19.8 Å². The maximum Gasteiger partial charge on any atom is 0.332 e. The number of fused-ring (bicyclic) bond motifs is 1. The van der Waals surface area contributed by atoms with E-state index in [0.29, 0.717) is 28.3 Å². The van der Waals surface area contributed by atoms with E-state index in [2.05, 4.69) is 10.6 Å².